The lowest BCUT2D eigenvalue weighted by atomic mass is 10.3. The zero-order valence-corrected chi connectivity index (χ0v) is 12.0. The molecule has 0 aliphatic rings. The Morgan fingerprint density at radius 3 is 2.39 bits per heavy atom. The molecule has 0 fully saturated rings. The standard InChI is InChI=1S/C11H9IN2O3S/c12-8-1-3-9(4-2-8)14-18(16,17)11-7-13-6-5-10(11)15/h1-7,14H,(H,13,15). The van der Waals surface area contributed by atoms with Crippen LogP contribution < -0.4 is 10.2 Å². The summed E-state index contributed by atoms with van der Waals surface area (Å²) in [5.41, 5.74) is -0.134. The maximum Gasteiger partial charge on any atom is 0.267 e. The number of rotatable bonds is 3. The molecule has 0 aliphatic heterocycles. The summed E-state index contributed by atoms with van der Waals surface area (Å²) in [5.74, 6) is 0. The number of pyridine rings is 1. The fraction of sp³-hybridized carbons (Fsp3) is 0. The zero-order chi connectivity index (χ0) is 13.2. The Hall–Kier alpha value is -1.35. The van der Waals surface area contributed by atoms with Gasteiger partial charge in [-0.15, -0.1) is 0 Å². The largest absolute Gasteiger partial charge is 0.366 e. The van der Waals surface area contributed by atoms with Crippen LogP contribution in [0.1, 0.15) is 0 Å². The van der Waals surface area contributed by atoms with E-state index in [4.69, 9.17) is 0 Å². The number of hydrogen-bond donors (Lipinski definition) is 2. The molecule has 0 atom stereocenters. The van der Waals surface area contributed by atoms with E-state index < -0.39 is 15.5 Å². The molecule has 2 N–H and O–H groups in total. The van der Waals surface area contributed by atoms with E-state index in [2.05, 4.69) is 32.3 Å². The molecule has 5 nitrogen and oxygen atoms in total. The van der Waals surface area contributed by atoms with Crippen LogP contribution in [0.25, 0.3) is 0 Å². The lowest BCUT2D eigenvalue weighted by molar-refractivity contribution is 0.600. The van der Waals surface area contributed by atoms with Gasteiger partial charge >= 0.3 is 0 Å². The molecule has 0 bridgehead atoms. The van der Waals surface area contributed by atoms with Gasteiger partial charge in [0.1, 0.15) is 0 Å². The van der Waals surface area contributed by atoms with E-state index in [0.717, 1.165) is 9.77 Å². The highest BCUT2D eigenvalue weighted by molar-refractivity contribution is 14.1. The van der Waals surface area contributed by atoms with Gasteiger partial charge in [0.05, 0.1) is 0 Å². The predicted molar refractivity (Wildman–Crippen MR) is 77.0 cm³/mol. The number of H-pyrrole nitrogens is 1. The lowest BCUT2D eigenvalue weighted by Crippen LogP contribution is -2.20. The molecular formula is C11H9IN2O3S. The van der Waals surface area contributed by atoms with Crippen molar-refractivity contribution in [1.29, 1.82) is 0 Å². The maximum absolute atomic E-state index is 12.0. The fourth-order valence-electron chi connectivity index (χ4n) is 1.34. The van der Waals surface area contributed by atoms with Gasteiger partial charge in [-0.3, -0.25) is 9.52 Å². The number of hydrogen-bond acceptors (Lipinski definition) is 3. The van der Waals surface area contributed by atoms with Crippen LogP contribution in [0.3, 0.4) is 0 Å². The Morgan fingerprint density at radius 2 is 1.78 bits per heavy atom. The van der Waals surface area contributed by atoms with Crippen LogP contribution in [0.4, 0.5) is 5.69 Å². The molecule has 1 heterocycles. The molecular weight excluding hydrogens is 367 g/mol. The van der Waals surface area contributed by atoms with Crippen molar-refractivity contribution in [2.24, 2.45) is 0 Å². The SMILES string of the molecule is O=c1cc[nH]cc1S(=O)(=O)Nc1ccc(I)cc1. The summed E-state index contributed by atoms with van der Waals surface area (Å²) in [7, 11) is -3.85. The van der Waals surface area contributed by atoms with E-state index >= 15 is 0 Å². The number of anilines is 1. The van der Waals surface area contributed by atoms with Crippen molar-refractivity contribution in [2.45, 2.75) is 4.90 Å². The van der Waals surface area contributed by atoms with Crippen LogP contribution in [-0.2, 0) is 10.0 Å². The molecule has 0 aliphatic carbocycles. The third-order valence-electron chi connectivity index (χ3n) is 2.17. The van der Waals surface area contributed by atoms with Crippen LogP contribution in [0.5, 0.6) is 0 Å². The predicted octanol–water partition coefficient (Wildman–Crippen LogP) is 1.78. The van der Waals surface area contributed by atoms with E-state index in [9.17, 15) is 13.2 Å². The van der Waals surface area contributed by atoms with Gasteiger partial charge in [0, 0.05) is 27.7 Å². The first-order valence-corrected chi connectivity index (χ1v) is 7.51. The van der Waals surface area contributed by atoms with Gasteiger partial charge in [-0.25, -0.2) is 8.42 Å². The van der Waals surface area contributed by atoms with Crippen molar-refractivity contribution in [3.05, 3.63) is 56.5 Å². The number of aromatic amines is 1. The van der Waals surface area contributed by atoms with E-state index in [0.29, 0.717) is 5.69 Å². The first-order valence-electron chi connectivity index (χ1n) is 4.94. The molecule has 7 heteroatoms. The minimum Gasteiger partial charge on any atom is -0.366 e. The Morgan fingerprint density at radius 1 is 1.11 bits per heavy atom. The van der Waals surface area contributed by atoms with Crippen molar-refractivity contribution in [2.75, 3.05) is 4.72 Å². The molecule has 0 saturated carbocycles. The summed E-state index contributed by atoms with van der Waals surface area (Å²) in [6, 6.07) is 7.98. The smallest absolute Gasteiger partial charge is 0.267 e. The van der Waals surface area contributed by atoms with Gasteiger partial charge < -0.3 is 4.98 Å². The minimum absolute atomic E-state index is 0.302. The quantitative estimate of drug-likeness (QED) is 0.802. The molecule has 1 aromatic carbocycles. The van der Waals surface area contributed by atoms with Gasteiger partial charge in [0.15, 0.2) is 4.90 Å². The highest BCUT2D eigenvalue weighted by atomic mass is 127. The van der Waals surface area contributed by atoms with E-state index in [-0.39, 0.29) is 4.90 Å². The van der Waals surface area contributed by atoms with Crippen LogP contribution in [0.2, 0.25) is 0 Å². The van der Waals surface area contributed by atoms with Gasteiger partial charge in [0.2, 0.25) is 5.43 Å². The normalized spacial score (nSPS) is 11.2. The summed E-state index contributed by atoms with van der Waals surface area (Å²) >= 11 is 2.12. The summed E-state index contributed by atoms with van der Waals surface area (Å²) in [4.78, 5) is 13.8. The average Bonchev–Trinajstić information content (AvgIpc) is 2.32. The Bertz CT molecular complexity index is 708. The van der Waals surface area contributed by atoms with Gasteiger partial charge in [-0.1, -0.05) is 0 Å². The molecule has 0 spiro atoms. The van der Waals surface area contributed by atoms with Crippen LogP contribution in [0, 0.1) is 3.57 Å². The van der Waals surface area contributed by atoms with Crippen molar-refractivity contribution < 1.29 is 8.42 Å². The third kappa shape index (κ3) is 2.91. The van der Waals surface area contributed by atoms with Crippen molar-refractivity contribution in [3.63, 3.8) is 0 Å². The van der Waals surface area contributed by atoms with E-state index in [1.54, 1.807) is 24.3 Å². The first kappa shape index (κ1) is 13.1. The Balaban J connectivity index is 2.36. The first-order chi connectivity index (χ1) is 8.49. The Kier molecular flexibility index (Phi) is 3.71. The van der Waals surface area contributed by atoms with Crippen molar-refractivity contribution in [3.8, 4) is 0 Å². The highest BCUT2D eigenvalue weighted by Gasteiger charge is 2.17. The minimum atomic E-state index is -3.85. The fourth-order valence-corrected chi connectivity index (χ4v) is 2.81. The lowest BCUT2D eigenvalue weighted by Gasteiger charge is -2.07. The molecule has 18 heavy (non-hydrogen) atoms. The van der Waals surface area contributed by atoms with Crippen LogP contribution in [0.15, 0.2) is 52.4 Å². The molecule has 2 aromatic rings. The number of benzene rings is 1. The summed E-state index contributed by atoms with van der Waals surface area (Å²) < 4.78 is 27.3. The monoisotopic (exact) mass is 376 g/mol. The molecule has 0 radical (unpaired) electrons. The molecule has 94 valence electrons. The molecule has 1 aromatic heterocycles. The van der Waals surface area contributed by atoms with Gasteiger partial charge in [0.25, 0.3) is 10.0 Å². The second kappa shape index (κ2) is 5.11. The number of nitrogens with one attached hydrogen (secondary N) is 2. The van der Waals surface area contributed by atoms with Crippen LogP contribution in [-0.4, -0.2) is 13.4 Å². The van der Waals surface area contributed by atoms with E-state index in [1.165, 1.54) is 12.3 Å². The zero-order valence-electron chi connectivity index (χ0n) is 9.05. The van der Waals surface area contributed by atoms with Gasteiger partial charge in [-0.05, 0) is 46.9 Å². The van der Waals surface area contributed by atoms with Gasteiger partial charge in [-0.2, -0.15) is 0 Å². The van der Waals surface area contributed by atoms with Crippen molar-refractivity contribution >= 4 is 38.3 Å². The number of halogens is 1. The second-order valence-corrected chi connectivity index (χ2v) is 6.38. The Labute approximate surface area is 117 Å². The number of sulfonamides is 1. The number of aromatic nitrogens is 1. The summed E-state index contributed by atoms with van der Waals surface area (Å²) in [6.07, 6.45) is 2.55. The van der Waals surface area contributed by atoms with Crippen molar-refractivity contribution in [1.82, 2.24) is 4.98 Å². The molecule has 2 rings (SSSR count). The molecule has 0 unspecified atom stereocenters. The third-order valence-corrected chi connectivity index (χ3v) is 4.30. The highest BCUT2D eigenvalue weighted by Crippen LogP contribution is 2.14. The second-order valence-electron chi connectivity index (χ2n) is 3.49. The maximum atomic E-state index is 12.0. The summed E-state index contributed by atoms with van der Waals surface area (Å²) in [6.45, 7) is 0. The van der Waals surface area contributed by atoms with E-state index in [1.807, 2.05) is 0 Å². The summed E-state index contributed by atoms with van der Waals surface area (Å²) in [5, 5.41) is 0. The van der Waals surface area contributed by atoms with Crippen LogP contribution >= 0.6 is 22.6 Å². The topological polar surface area (TPSA) is 79.0 Å². The average molecular weight is 376 g/mol. The molecule has 0 saturated heterocycles. The molecule has 0 amide bonds.